The van der Waals surface area contributed by atoms with Gasteiger partial charge in [-0.3, -0.25) is 0 Å². The molecule has 0 unspecified atom stereocenters. The van der Waals surface area contributed by atoms with E-state index >= 15 is 0 Å². The van der Waals surface area contributed by atoms with Crippen molar-refractivity contribution >= 4 is 20.2 Å². The molecule has 2 saturated heterocycles. The van der Waals surface area contributed by atoms with Gasteiger partial charge in [0, 0.05) is 32.7 Å². The summed E-state index contributed by atoms with van der Waals surface area (Å²) in [6.07, 6.45) is -0.359. The molecule has 2 heterocycles. The van der Waals surface area contributed by atoms with Gasteiger partial charge in [0.15, 0.2) is 0 Å². The maximum absolute atomic E-state index is 12.7. The molecule has 0 saturated carbocycles. The minimum atomic E-state index is -3.70. The Bertz CT molecular complexity index is 890. The molecular formula is C18H29N3O6S2. The lowest BCUT2D eigenvalue weighted by molar-refractivity contribution is -0.0444. The zero-order valence-corrected chi connectivity index (χ0v) is 18.4. The van der Waals surface area contributed by atoms with Crippen LogP contribution in [0.1, 0.15) is 25.0 Å². The summed E-state index contributed by atoms with van der Waals surface area (Å²) in [5, 5.41) is 0. The van der Waals surface area contributed by atoms with Crippen molar-refractivity contribution in [3.05, 3.63) is 35.4 Å². The van der Waals surface area contributed by atoms with Crippen LogP contribution in [0.25, 0.3) is 0 Å². The van der Waals surface area contributed by atoms with Gasteiger partial charge in [0.1, 0.15) is 0 Å². The van der Waals surface area contributed by atoms with Crippen molar-refractivity contribution in [3.8, 4) is 0 Å². The number of rotatable bonds is 7. The van der Waals surface area contributed by atoms with Gasteiger partial charge in [-0.2, -0.15) is 21.8 Å². The molecule has 1 N–H and O–H groups in total. The molecule has 2 atom stereocenters. The van der Waals surface area contributed by atoms with Crippen molar-refractivity contribution in [2.75, 3.05) is 39.4 Å². The van der Waals surface area contributed by atoms with E-state index in [2.05, 4.69) is 4.72 Å². The number of ether oxygens (including phenoxy) is 2. The van der Waals surface area contributed by atoms with Crippen molar-refractivity contribution in [2.24, 2.45) is 0 Å². The largest absolute Gasteiger partial charge is 0.379 e. The fourth-order valence-electron chi connectivity index (χ4n) is 3.57. The third kappa shape index (κ3) is 5.97. The molecule has 1 aromatic rings. The van der Waals surface area contributed by atoms with E-state index in [4.69, 9.17) is 9.47 Å². The minimum Gasteiger partial charge on any atom is -0.379 e. The molecule has 0 radical (unpaired) electrons. The second-order valence-corrected chi connectivity index (χ2v) is 11.2. The Morgan fingerprint density at radius 3 is 2.17 bits per heavy atom. The molecule has 2 aliphatic rings. The predicted molar refractivity (Wildman–Crippen MR) is 109 cm³/mol. The van der Waals surface area contributed by atoms with Crippen LogP contribution in [-0.4, -0.2) is 77.0 Å². The second kappa shape index (κ2) is 9.38. The lowest BCUT2D eigenvalue weighted by Crippen LogP contribution is -2.51. The Hall–Kier alpha value is -1.08. The lowest BCUT2D eigenvalue weighted by atomic mass is 10.1. The van der Waals surface area contributed by atoms with Gasteiger partial charge in [-0.05, 0) is 25.0 Å². The Labute approximate surface area is 173 Å². The first-order valence-corrected chi connectivity index (χ1v) is 12.7. The van der Waals surface area contributed by atoms with Gasteiger partial charge in [0.2, 0.25) is 10.0 Å². The summed E-state index contributed by atoms with van der Waals surface area (Å²) in [5.74, 6) is -0.170. The number of sulfonamides is 1. The Balaban J connectivity index is 1.69. The number of benzene rings is 1. The van der Waals surface area contributed by atoms with Gasteiger partial charge >= 0.3 is 0 Å². The molecule has 0 amide bonds. The molecule has 2 fully saturated rings. The van der Waals surface area contributed by atoms with Crippen LogP contribution >= 0.6 is 0 Å². The molecule has 1 aromatic carbocycles. The van der Waals surface area contributed by atoms with Crippen LogP contribution in [0.15, 0.2) is 24.3 Å². The molecule has 3 rings (SSSR count). The topological polar surface area (TPSA) is 105 Å². The molecule has 0 aliphatic carbocycles. The van der Waals surface area contributed by atoms with Crippen LogP contribution in [0.4, 0.5) is 0 Å². The van der Waals surface area contributed by atoms with Crippen LogP contribution in [-0.2, 0) is 42.0 Å². The summed E-state index contributed by atoms with van der Waals surface area (Å²) in [4.78, 5) is 0. The first-order valence-electron chi connectivity index (χ1n) is 9.70. The highest BCUT2D eigenvalue weighted by Gasteiger charge is 2.31. The maximum atomic E-state index is 12.7. The highest BCUT2D eigenvalue weighted by Crippen LogP contribution is 2.18. The summed E-state index contributed by atoms with van der Waals surface area (Å²) >= 11 is 0. The van der Waals surface area contributed by atoms with E-state index in [-0.39, 0.29) is 37.6 Å². The maximum Gasteiger partial charge on any atom is 0.279 e. The number of nitrogens with zero attached hydrogens (tertiary/aromatic N) is 2. The van der Waals surface area contributed by atoms with Gasteiger partial charge in [-0.15, -0.1) is 0 Å². The molecule has 2 aliphatic heterocycles. The fourth-order valence-corrected chi connectivity index (χ4v) is 6.47. The van der Waals surface area contributed by atoms with Gasteiger partial charge in [-0.25, -0.2) is 8.42 Å². The monoisotopic (exact) mass is 447 g/mol. The Kier molecular flexibility index (Phi) is 7.31. The van der Waals surface area contributed by atoms with Gasteiger partial charge in [-0.1, -0.05) is 24.3 Å². The fraction of sp³-hybridized carbons (Fsp3) is 0.667. The number of nitrogens with one attached hydrogen (secondary N) is 1. The molecule has 11 heteroatoms. The quantitative estimate of drug-likeness (QED) is 0.644. The average molecular weight is 448 g/mol. The molecule has 9 nitrogen and oxygen atoms in total. The number of hydrogen-bond acceptors (Lipinski definition) is 6. The Morgan fingerprint density at radius 2 is 1.55 bits per heavy atom. The van der Waals surface area contributed by atoms with E-state index in [1.54, 1.807) is 24.3 Å². The van der Waals surface area contributed by atoms with E-state index in [1.165, 1.54) is 8.61 Å². The molecule has 0 bridgehead atoms. The standard InChI is InChI=1S/C18H29N3O6S2/c1-15-12-21(13-16(2)27-15)29(24,25)19-11-17-5-3-4-6-18(17)14-28(22,23)20-7-9-26-10-8-20/h3-6,15-16,19H,7-14H2,1-2H3/t15-,16+. The molecule has 164 valence electrons. The predicted octanol–water partition coefficient (Wildman–Crippen LogP) is 0.292. The van der Waals surface area contributed by atoms with Crippen LogP contribution in [0, 0.1) is 0 Å². The van der Waals surface area contributed by atoms with Crippen LogP contribution < -0.4 is 4.72 Å². The highest BCUT2D eigenvalue weighted by atomic mass is 32.2. The molecule has 0 aromatic heterocycles. The van der Waals surface area contributed by atoms with Crippen LogP contribution in [0.3, 0.4) is 0 Å². The van der Waals surface area contributed by atoms with E-state index in [1.807, 2.05) is 13.8 Å². The highest BCUT2D eigenvalue weighted by molar-refractivity contribution is 7.88. The summed E-state index contributed by atoms with van der Waals surface area (Å²) in [6.45, 7) is 5.72. The third-order valence-electron chi connectivity index (χ3n) is 4.99. The van der Waals surface area contributed by atoms with Crippen LogP contribution in [0.5, 0.6) is 0 Å². The van der Waals surface area contributed by atoms with Gasteiger partial charge < -0.3 is 9.47 Å². The van der Waals surface area contributed by atoms with Gasteiger partial charge in [0.05, 0.1) is 31.2 Å². The van der Waals surface area contributed by atoms with Crippen molar-refractivity contribution in [1.82, 2.24) is 13.3 Å². The average Bonchev–Trinajstić information content (AvgIpc) is 2.67. The van der Waals surface area contributed by atoms with Crippen molar-refractivity contribution < 1.29 is 26.3 Å². The van der Waals surface area contributed by atoms with Crippen molar-refractivity contribution in [2.45, 2.75) is 38.4 Å². The first-order chi connectivity index (χ1) is 13.7. The van der Waals surface area contributed by atoms with E-state index in [0.29, 0.717) is 37.4 Å². The lowest BCUT2D eigenvalue weighted by Gasteiger charge is -2.34. The summed E-state index contributed by atoms with van der Waals surface area (Å²) in [7, 11) is -7.20. The van der Waals surface area contributed by atoms with E-state index in [0.717, 1.165) is 0 Å². The smallest absolute Gasteiger partial charge is 0.279 e. The third-order valence-corrected chi connectivity index (χ3v) is 8.31. The second-order valence-electron chi connectivity index (χ2n) is 7.44. The molecule has 29 heavy (non-hydrogen) atoms. The summed E-state index contributed by atoms with van der Waals surface area (Å²) in [5.41, 5.74) is 1.23. The van der Waals surface area contributed by atoms with Crippen molar-refractivity contribution in [3.63, 3.8) is 0 Å². The van der Waals surface area contributed by atoms with Gasteiger partial charge in [0.25, 0.3) is 10.2 Å². The zero-order valence-electron chi connectivity index (χ0n) is 16.8. The number of morpholine rings is 2. The van der Waals surface area contributed by atoms with E-state index < -0.39 is 20.2 Å². The Morgan fingerprint density at radius 1 is 0.966 bits per heavy atom. The van der Waals surface area contributed by atoms with Crippen LogP contribution in [0.2, 0.25) is 0 Å². The summed E-state index contributed by atoms with van der Waals surface area (Å²) in [6, 6.07) is 7.00. The normalized spacial score (nSPS) is 25.2. The van der Waals surface area contributed by atoms with E-state index in [9.17, 15) is 16.8 Å². The number of hydrogen-bond donors (Lipinski definition) is 1. The SMILES string of the molecule is C[C@@H]1CN(S(=O)(=O)NCc2ccccc2CS(=O)(=O)N2CCOCC2)C[C@H](C)O1. The summed E-state index contributed by atoms with van der Waals surface area (Å²) < 4.78 is 67.1. The molecular weight excluding hydrogens is 418 g/mol. The molecule has 0 spiro atoms. The first kappa shape index (κ1) is 22.6. The zero-order chi connectivity index (χ0) is 21.1. The van der Waals surface area contributed by atoms with Crippen molar-refractivity contribution in [1.29, 1.82) is 0 Å². The minimum absolute atomic E-state index is 0.0251.